The Morgan fingerprint density at radius 1 is 0.610 bits per heavy atom. The summed E-state index contributed by atoms with van der Waals surface area (Å²) >= 11 is 0. The highest BCUT2D eigenvalue weighted by atomic mass is 19.1. The van der Waals surface area contributed by atoms with Gasteiger partial charge in [-0.15, -0.1) is 0 Å². The molecule has 1 aliphatic rings. The van der Waals surface area contributed by atoms with Crippen molar-refractivity contribution in [2.24, 2.45) is 0 Å². The van der Waals surface area contributed by atoms with Gasteiger partial charge in [-0.3, -0.25) is 9.67 Å². The summed E-state index contributed by atoms with van der Waals surface area (Å²) < 4.78 is 40.4. The minimum absolute atomic E-state index is 0.205. The van der Waals surface area contributed by atoms with E-state index in [-0.39, 0.29) is 12.3 Å². The number of ether oxygens (including phenoxy) is 3. The van der Waals surface area contributed by atoms with Crippen LogP contribution in [-0.4, -0.2) is 49.7 Å². The molecule has 4 atom stereocenters. The molecule has 0 amide bonds. The first-order valence-electron chi connectivity index (χ1n) is 19.5. The van der Waals surface area contributed by atoms with E-state index in [0.717, 1.165) is 33.4 Å². The highest BCUT2D eigenvalue weighted by molar-refractivity contribution is 5.49. The fourth-order valence-electron chi connectivity index (χ4n) is 8.15. The maximum Gasteiger partial charge on any atom is 0.350 e. The van der Waals surface area contributed by atoms with E-state index < -0.39 is 41.5 Å². The first-order valence-corrected chi connectivity index (χ1v) is 19.5. The molecule has 2 aromatic heterocycles. The van der Waals surface area contributed by atoms with Gasteiger partial charge in [0.05, 0.1) is 6.61 Å². The molecule has 1 N–H and O–H groups in total. The number of hydrogen-bond donors (Lipinski definition) is 1. The number of nitrogens with one attached hydrogen (secondary N) is 1. The quantitative estimate of drug-likeness (QED) is 0.117. The van der Waals surface area contributed by atoms with Crippen molar-refractivity contribution in [1.29, 1.82) is 0 Å². The Kier molecular flexibility index (Phi) is 10.6. The Morgan fingerprint density at radius 3 is 1.42 bits per heavy atom. The number of nitrogens with zero attached hydrogens (tertiary/aromatic N) is 4. The van der Waals surface area contributed by atoms with Crippen LogP contribution in [0.1, 0.15) is 39.6 Å². The van der Waals surface area contributed by atoms with Crippen molar-refractivity contribution in [3.8, 4) is 11.5 Å². The fraction of sp³-hybridized carbons (Fsp3) is 0.143. The average molecular weight is 782 g/mol. The number of rotatable bonds is 13. The van der Waals surface area contributed by atoms with Gasteiger partial charge < -0.3 is 14.2 Å². The molecule has 0 bridgehead atoms. The molecule has 10 heteroatoms. The third-order valence-electron chi connectivity index (χ3n) is 10.9. The molecule has 9 nitrogen and oxygen atoms in total. The van der Waals surface area contributed by atoms with Crippen LogP contribution in [-0.2, 0) is 25.4 Å². The maximum atomic E-state index is 18.0. The molecular weight excluding hydrogens is 742 g/mol. The molecule has 8 aromatic rings. The molecule has 9 rings (SSSR count). The summed E-state index contributed by atoms with van der Waals surface area (Å²) in [7, 11) is 0. The minimum Gasteiger partial charge on any atom is -0.358 e. The third kappa shape index (κ3) is 7.08. The van der Waals surface area contributed by atoms with Gasteiger partial charge in [-0.05, 0) is 39.4 Å². The van der Waals surface area contributed by atoms with Crippen LogP contribution in [0.4, 0.5) is 4.39 Å². The van der Waals surface area contributed by atoms with Gasteiger partial charge in [0.1, 0.15) is 35.4 Å². The first-order chi connectivity index (χ1) is 29.1. The SMILES string of the molecule is O=c1nc(-c2ncn[nH]2)ccn1C1O[C@H](COC(c2ccccc2)(c2ccccc2)c2ccccc2)[C@H](F)[C@H]1OC(c1ccccc1)(c1ccccc1)c1ccccc1. The van der Waals surface area contributed by atoms with E-state index in [1.807, 2.05) is 182 Å². The van der Waals surface area contributed by atoms with Crippen molar-refractivity contribution in [1.82, 2.24) is 24.7 Å². The van der Waals surface area contributed by atoms with E-state index in [1.165, 1.54) is 17.1 Å². The third-order valence-corrected chi connectivity index (χ3v) is 10.9. The number of benzene rings is 6. The van der Waals surface area contributed by atoms with Gasteiger partial charge in [-0.2, -0.15) is 10.1 Å². The summed E-state index contributed by atoms with van der Waals surface area (Å²) in [6.07, 6.45) is -2.74. The standard InChI is InChI=1S/C49H40FN5O4/c50-43-42(33-57-48(35-19-7-1-8-20-35,36-21-9-2-10-22-36)37-23-11-3-12-24-37)58-46(55-32-31-41(53-47(55)56)45-51-34-52-54-45)44(43)59-49(38-25-13-4-14-26-38,39-27-15-5-16-28-39)40-29-17-6-18-30-40/h1-32,34,42-44,46H,33H2,(H,51,52,54)/t42-,43+,44-,46?/m1/s1. The van der Waals surface area contributed by atoms with Crippen LogP contribution < -0.4 is 5.69 Å². The molecule has 0 saturated carbocycles. The van der Waals surface area contributed by atoms with Crippen LogP contribution in [0.15, 0.2) is 205 Å². The van der Waals surface area contributed by atoms with Crippen molar-refractivity contribution in [2.75, 3.05) is 6.61 Å². The number of hydrogen-bond acceptors (Lipinski definition) is 7. The largest absolute Gasteiger partial charge is 0.358 e. The van der Waals surface area contributed by atoms with Gasteiger partial charge in [0.2, 0.25) is 0 Å². The summed E-state index contributed by atoms with van der Waals surface area (Å²) in [5, 5.41) is 6.64. The Hall–Kier alpha value is -6.85. The van der Waals surface area contributed by atoms with E-state index in [9.17, 15) is 4.79 Å². The zero-order valence-corrected chi connectivity index (χ0v) is 31.9. The lowest BCUT2D eigenvalue weighted by molar-refractivity contribution is -0.121. The van der Waals surface area contributed by atoms with E-state index in [0.29, 0.717) is 5.82 Å². The van der Waals surface area contributed by atoms with Crippen molar-refractivity contribution in [3.05, 3.63) is 244 Å². The Labute approximate surface area is 340 Å². The summed E-state index contributed by atoms with van der Waals surface area (Å²) in [5.74, 6) is 0.319. The van der Waals surface area contributed by atoms with E-state index >= 15 is 4.39 Å². The lowest BCUT2D eigenvalue weighted by Crippen LogP contribution is -2.44. The van der Waals surface area contributed by atoms with Crippen LogP contribution in [0.3, 0.4) is 0 Å². The summed E-state index contributed by atoms with van der Waals surface area (Å²) in [4.78, 5) is 22.5. The molecule has 3 heterocycles. The molecule has 0 aliphatic carbocycles. The average Bonchev–Trinajstić information content (AvgIpc) is 3.96. The van der Waals surface area contributed by atoms with Gasteiger partial charge in [-0.1, -0.05) is 182 Å². The maximum absolute atomic E-state index is 18.0. The summed E-state index contributed by atoms with van der Waals surface area (Å²) in [6.45, 7) is -0.205. The zero-order valence-electron chi connectivity index (χ0n) is 31.9. The smallest absolute Gasteiger partial charge is 0.350 e. The van der Waals surface area contributed by atoms with E-state index in [1.54, 1.807) is 6.07 Å². The van der Waals surface area contributed by atoms with Crippen LogP contribution >= 0.6 is 0 Å². The second-order valence-corrected chi connectivity index (χ2v) is 14.3. The molecule has 1 aliphatic heterocycles. The lowest BCUT2D eigenvalue weighted by atomic mass is 9.79. The van der Waals surface area contributed by atoms with Gasteiger partial charge in [0.15, 0.2) is 18.2 Å². The Bertz CT molecular complexity index is 2430. The lowest BCUT2D eigenvalue weighted by Gasteiger charge is -2.39. The monoisotopic (exact) mass is 781 g/mol. The number of H-pyrrole nitrogens is 1. The van der Waals surface area contributed by atoms with Crippen molar-refractivity contribution >= 4 is 0 Å². The van der Waals surface area contributed by atoms with Gasteiger partial charge >= 0.3 is 5.69 Å². The molecule has 0 radical (unpaired) electrons. The topological polar surface area (TPSA) is 104 Å². The van der Waals surface area contributed by atoms with Crippen LogP contribution in [0.25, 0.3) is 11.5 Å². The second-order valence-electron chi connectivity index (χ2n) is 14.3. The molecule has 0 spiro atoms. The van der Waals surface area contributed by atoms with E-state index in [4.69, 9.17) is 14.2 Å². The zero-order chi connectivity index (χ0) is 40.1. The van der Waals surface area contributed by atoms with Crippen molar-refractivity contribution < 1.29 is 18.6 Å². The molecule has 59 heavy (non-hydrogen) atoms. The normalized spacial score (nSPS) is 18.1. The molecule has 6 aromatic carbocycles. The van der Waals surface area contributed by atoms with Crippen LogP contribution in [0.5, 0.6) is 0 Å². The summed E-state index contributed by atoms with van der Waals surface area (Å²) in [5.41, 5.74) is 1.99. The number of aromatic amines is 1. The molecule has 292 valence electrons. The van der Waals surface area contributed by atoms with Gasteiger partial charge in [-0.25, -0.2) is 14.2 Å². The van der Waals surface area contributed by atoms with Crippen LogP contribution in [0, 0.1) is 0 Å². The van der Waals surface area contributed by atoms with Crippen molar-refractivity contribution in [3.63, 3.8) is 0 Å². The Balaban J connectivity index is 1.18. The molecule has 1 fully saturated rings. The fourth-order valence-corrected chi connectivity index (χ4v) is 8.15. The van der Waals surface area contributed by atoms with Crippen molar-refractivity contribution in [2.45, 2.75) is 35.8 Å². The first kappa shape index (κ1) is 37.7. The summed E-state index contributed by atoms with van der Waals surface area (Å²) in [6, 6.07) is 60.4. The predicted octanol–water partition coefficient (Wildman–Crippen LogP) is 8.65. The second kappa shape index (κ2) is 16.6. The van der Waals surface area contributed by atoms with Gasteiger partial charge in [0.25, 0.3) is 0 Å². The van der Waals surface area contributed by atoms with Crippen LogP contribution in [0.2, 0.25) is 0 Å². The predicted molar refractivity (Wildman–Crippen MR) is 222 cm³/mol. The number of aromatic nitrogens is 5. The Morgan fingerprint density at radius 2 is 1.03 bits per heavy atom. The van der Waals surface area contributed by atoms with E-state index in [2.05, 4.69) is 20.2 Å². The number of halogens is 1. The molecule has 1 saturated heterocycles. The molecule has 1 unspecified atom stereocenters. The van der Waals surface area contributed by atoms with Gasteiger partial charge in [0, 0.05) is 6.20 Å². The number of alkyl halides is 1. The highest BCUT2D eigenvalue weighted by Gasteiger charge is 2.53. The molecular formula is C49H40FN5O4. The minimum atomic E-state index is -1.80. The highest BCUT2D eigenvalue weighted by Crippen LogP contribution is 2.47.